The molecule has 0 aliphatic carbocycles. The molecule has 0 saturated carbocycles. The quantitative estimate of drug-likeness (QED) is 0.706. The van der Waals surface area contributed by atoms with Crippen LogP contribution >= 0.6 is 23.4 Å². The molecule has 1 heterocycles. The van der Waals surface area contributed by atoms with Crippen LogP contribution in [0.4, 0.5) is 0 Å². The van der Waals surface area contributed by atoms with Crippen molar-refractivity contribution < 1.29 is 0 Å². The molecule has 14 heavy (non-hydrogen) atoms. The van der Waals surface area contributed by atoms with Gasteiger partial charge in [0.05, 0.1) is 16.3 Å². The number of halogens is 1. The van der Waals surface area contributed by atoms with E-state index in [1.54, 1.807) is 11.8 Å². The van der Waals surface area contributed by atoms with Crippen molar-refractivity contribution in [2.75, 3.05) is 0 Å². The Hall–Kier alpha value is -0.470. The summed E-state index contributed by atoms with van der Waals surface area (Å²) in [5.41, 5.74) is 1.20. The second-order valence-electron chi connectivity index (χ2n) is 3.45. The molecule has 2 rings (SSSR count). The van der Waals surface area contributed by atoms with Crippen LogP contribution in [0, 0.1) is 0 Å². The highest BCUT2D eigenvalue weighted by molar-refractivity contribution is 8.14. The molecular weight excluding hydrogens is 214 g/mol. The number of nitrogens with zero attached hydrogens (tertiary/aromatic N) is 1. The number of rotatable bonds is 1. The molecule has 0 radical (unpaired) electrons. The van der Waals surface area contributed by atoms with E-state index in [-0.39, 0.29) is 0 Å². The molecule has 2 atom stereocenters. The van der Waals surface area contributed by atoms with Crippen molar-refractivity contribution in [3.8, 4) is 0 Å². The number of thioether (sulfide) groups is 1. The number of hydrogen-bond donors (Lipinski definition) is 0. The van der Waals surface area contributed by atoms with Crippen LogP contribution in [0.3, 0.4) is 0 Å². The fourth-order valence-electron chi connectivity index (χ4n) is 1.70. The minimum Gasteiger partial charge on any atom is -0.279 e. The molecule has 0 spiro atoms. The normalized spacial score (nSPS) is 26.4. The second-order valence-corrected chi connectivity index (χ2v) is 5.19. The highest BCUT2D eigenvalue weighted by Gasteiger charge is 2.27. The minimum atomic E-state index is 0.333. The van der Waals surface area contributed by atoms with Gasteiger partial charge in [-0.05, 0) is 25.5 Å². The molecule has 1 aliphatic heterocycles. The van der Waals surface area contributed by atoms with Crippen molar-refractivity contribution in [3.05, 3.63) is 34.9 Å². The topological polar surface area (TPSA) is 12.4 Å². The number of hydrogen-bond acceptors (Lipinski definition) is 2. The fraction of sp³-hybridized carbons (Fsp3) is 0.364. The molecule has 74 valence electrons. The average Bonchev–Trinajstić information content (AvgIpc) is 2.46. The first-order valence-corrected chi connectivity index (χ1v) is 5.89. The van der Waals surface area contributed by atoms with Crippen molar-refractivity contribution in [1.29, 1.82) is 0 Å². The van der Waals surface area contributed by atoms with Crippen molar-refractivity contribution >= 4 is 28.4 Å². The van der Waals surface area contributed by atoms with Crippen LogP contribution in [0.5, 0.6) is 0 Å². The maximum atomic E-state index is 6.15. The Morgan fingerprint density at radius 3 is 2.64 bits per heavy atom. The van der Waals surface area contributed by atoms with Crippen LogP contribution in [-0.4, -0.2) is 11.1 Å². The Balaban J connectivity index is 2.30. The summed E-state index contributed by atoms with van der Waals surface area (Å²) in [5, 5.41) is 2.40. The van der Waals surface area contributed by atoms with Gasteiger partial charge in [0.2, 0.25) is 0 Å². The lowest BCUT2D eigenvalue weighted by atomic mass is 10.1. The first-order valence-electron chi connectivity index (χ1n) is 4.64. The predicted octanol–water partition coefficient (Wildman–Crippen LogP) is 3.93. The van der Waals surface area contributed by atoms with Gasteiger partial charge in [0.25, 0.3) is 0 Å². The Morgan fingerprint density at radius 1 is 1.36 bits per heavy atom. The minimum absolute atomic E-state index is 0.333. The zero-order valence-corrected chi connectivity index (χ0v) is 9.77. The molecule has 0 fully saturated rings. The Bertz CT molecular complexity index is 375. The molecule has 1 aromatic rings. The van der Waals surface area contributed by atoms with Gasteiger partial charge in [0.1, 0.15) is 0 Å². The molecule has 3 heteroatoms. The first-order chi connectivity index (χ1) is 6.68. The molecule has 0 bridgehead atoms. The van der Waals surface area contributed by atoms with Crippen molar-refractivity contribution in [1.82, 2.24) is 0 Å². The molecule has 0 N–H and O–H groups in total. The van der Waals surface area contributed by atoms with E-state index in [4.69, 9.17) is 11.6 Å². The van der Waals surface area contributed by atoms with E-state index < -0.39 is 0 Å². The highest BCUT2D eigenvalue weighted by Crippen LogP contribution is 2.42. The van der Waals surface area contributed by atoms with Gasteiger partial charge in [-0.15, -0.1) is 11.8 Å². The van der Waals surface area contributed by atoms with Crippen molar-refractivity contribution in [3.63, 3.8) is 0 Å². The molecule has 0 aromatic heterocycles. The van der Waals surface area contributed by atoms with E-state index in [1.807, 2.05) is 18.2 Å². The fourth-order valence-corrected chi connectivity index (χ4v) is 3.20. The van der Waals surface area contributed by atoms with Crippen LogP contribution in [0.15, 0.2) is 29.3 Å². The summed E-state index contributed by atoms with van der Waals surface area (Å²) in [7, 11) is 0. The maximum Gasteiger partial charge on any atom is 0.0655 e. The van der Waals surface area contributed by atoms with Gasteiger partial charge < -0.3 is 0 Å². The van der Waals surface area contributed by atoms with Crippen LogP contribution in [-0.2, 0) is 0 Å². The zero-order valence-electron chi connectivity index (χ0n) is 8.20. The van der Waals surface area contributed by atoms with Gasteiger partial charge in [0.15, 0.2) is 0 Å². The molecular formula is C11H12ClNS. The second kappa shape index (κ2) is 3.95. The van der Waals surface area contributed by atoms with E-state index in [9.17, 15) is 0 Å². The van der Waals surface area contributed by atoms with E-state index in [2.05, 4.69) is 24.9 Å². The van der Waals surface area contributed by atoms with Gasteiger partial charge in [-0.3, -0.25) is 4.99 Å². The van der Waals surface area contributed by atoms with Crippen molar-refractivity contribution in [2.45, 2.75) is 25.1 Å². The molecule has 1 unspecified atom stereocenters. The van der Waals surface area contributed by atoms with Gasteiger partial charge in [-0.25, -0.2) is 0 Å². The molecule has 1 aliphatic rings. The standard InChI is InChI=1S/C11H12ClNS/c1-7-11(14-8(2)13-7)9-5-3-4-6-10(9)12/h3-7,11H,1-2H3/t7-,11?/m1/s1. The van der Waals surface area contributed by atoms with Crippen LogP contribution in [0.25, 0.3) is 0 Å². The lowest BCUT2D eigenvalue weighted by Gasteiger charge is -2.14. The molecule has 1 aromatic carbocycles. The number of aliphatic imine (C=N–C) groups is 1. The van der Waals surface area contributed by atoms with E-state index in [1.165, 1.54) is 5.56 Å². The Labute approximate surface area is 93.6 Å². The summed E-state index contributed by atoms with van der Waals surface area (Å²) in [6, 6.07) is 8.36. The molecule has 0 saturated heterocycles. The smallest absolute Gasteiger partial charge is 0.0655 e. The van der Waals surface area contributed by atoms with Gasteiger partial charge in [0, 0.05) is 5.02 Å². The number of benzene rings is 1. The predicted molar refractivity (Wildman–Crippen MR) is 64.4 cm³/mol. The zero-order chi connectivity index (χ0) is 10.1. The summed E-state index contributed by atoms with van der Waals surface area (Å²) < 4.78 is 0. The van der Waals surface area contributed by atoms with Gasteiger partial charge >= 0.3 is 0 Å². The maximum absolute atomic E-state index is 6.15. The first kappa shape index (κ1) is 10.1. The lowest BCUT2D eigenvalue weighted by molar-refractivity contribution is 0.740. The Kier molecular flexibility index (Phi) is 2.84. The summed E-state index contributed by atoms with van der Waals surface area (Å²) in [4.78, 5) is 4.51. The van der Waals surface area contributed by atoms with E-state index in [0.29, 0.717) is 11.3 Å². The third-order valence-electron chi connectivity index (χ3n) is 2.33. The van der Waals surface area contributed by atoms with Gasteiger partial charge in [-0.1, -0.05) is 29.8 Å². The summed E-state index contributed by atoms with van der Waals surface area (Å²) >= 11 is 7.96. The van der Waals surface area contributed by atoms with Crippen LogP contribution in [0.2, 0.25) is 5.02 Å². The Morgan fingerprint density at radius 2 is 2.07 bits per heavy atom. The SMILES string of the molecule is CC1=N[C@H](C)C(c2ccccc2Cl)S1. The monoisotopic (exact) mass is 225 g/mol. The van der Waals surface area contributed by atoms with Crippen molar-refractivity contribution in [2.24, 2.45) is 4.99 Å². The molecule has 0 amide bonds. The van der Waals surface area contributed by atoms with E-state index >= 15 is 0 Å². The largest absolute Gasteiger partial charge is 0.279 e. The summed E-state index contributed by atoms with van der Waals surface area (Å²) in [6.45, 7) is 4.19. The third-order valence-corrected chi connectivity index (χ3v) is 4.03. The highest BCUT2D eigenvalue weighted by atomic mass is 35.5. The van der Waals surface area contributed by atoms with E-state index in [0.717, 1.165) is 10.1 Å². The molecule has 1 nitrogen and oxygen atoms in total. The summed E-state index contributed by atoms with van der Waals surface area (Å²) in [5.74, 6) is 0. The van der Waals surface area contributed by atoms with Crippen LogP contribution in [0.1, 0.15) is 24.7 Å². The van der Waals surface area contributed by atoms with Crippen LogP contribution < -0.4 is 0 Å². The summed E-state index contributed by atoms with van der Waals surface area (Å²) in [6.07, 6.45) is 0. The lowest BCUT2D eigenvalue weighted by Crippen LogP contribution is -2.05. The average molecular weight is 226 g/mol. The third kappa shape index (κ3) is 1.82. The van der Waals surface area contributed by atoms with Gasteiger partial charge in [-0.2, -0.15) is 0 Å².